The number of hydrogen-bond acceptors (Lipinski definition) is 4. The molecule has 6 nitrogen and oxygen atoms in total. The van der Waals surface area contributed by atoms with E-state index >= 15 is 0 Å². The normalized spacial score (nSPS) is 11.7. The number of methoxy groups -OCH3 is 1. The van der Waals surface area contributed by atoms with Gasteiger partial charge >= 0.3 is 5.97 Å². The third kappa shape index (κ3) is 4.57. The molecule has 8 heteroatoms. The molecule has 1 aromatic carbocycles. The van der Waals surface area contributed by atoms with E-state index in [0.29, 0.717) is 4.47 Å². The Morgan fingerprint density at radius 2 is 2.16 bits per heavy atom. The fourth-order valence-corrected chi connectivity index (χ4v) is 3.38. The van der Waals surface area contributed by atoms with Crippen LogP contribution in [0, 0.1) is 0 Å². The molecule has 0 saturated heterocycles. The maximum atomic E-state index is 12.3. The van der Waals surface area contributed by atoms with Crippen LogP contribution in [-0.4, -0.2) is 50.6 Å². The lowest BCUT2D eigenvalue weighted by molar-refractivity contribution is -0.137. The number of aliphatic carboxylic acids is 1. The van der Waals surface area contributed by atoms with Gasteiger partial charge in [-0.25, -0.2) is 8.42 Å². The van der Waals surface area contributed by atoms with E-state index in [2.05, 4.69) is 15.9 Å². The van der Waals surface area contributed by atoms with Crippen molar-refractivity contribution in [1.29, 1.82) is 0 Å². The molecular weight excluding hydrogens is 338 g/mol. The molecule has 0 aliphatic carbocycles. The molecule has 0 unspecified atom stereocenters. The second-order valence-electron chi connectivity index (χ2n) is 3.68. The molecule has 19 heavy (non-hydrogen) atoms. The van der Waals surface area contributed by atoms with Crippen molar-refractivity contribution in [3.63, 3.8) is 0 Å². The Kier molecular flexibility index (Phi) is 5.92. The number of carboxylic acid groups (broad SMARTS) is 1. The van der Waals surface area contributed by atoms with Gasteiger partial charge in [0.2, 0.25) is 10.0 Å². The lowest BCUT2D eigenvalue weighted by Crippen LogP contribution is -2.37. The second kappa shape index (κ2) is 6.99. The van der Waals surface area contributed by atoms with Crippen LogP contribution in [0.5, 0.6) is 0 Å². The van der Waals surface area contributed by atoms with Crippen molar-refractivity contribution in [3.05, 3.63) is 28.7 Å². The quantitative estimate of drug-likeness (QED) is 0.797. The SMILES string of the molecule is COCCN(CC(=O)O)S(=O)(=O)c1cccc(Br)c1. The van der Waals surface area contributed by atoms with Gasteiger partial charge < -0.3 is 9.84 Å². The molecule has 0 bridgehead atoms. The molecule has 0 atom stereocenters. The van der Waals surface area contributed by atoms with Crippen molar-refractivity contribution < 1.29 is 23.1 Å². The van der Waals surface area contributed by atoms with Crippen molar-refractivity contribution in [1.82, 2.24) is 4.31 Å². The number of carbonyl (C=O) groups is 1. The number of benzene rings is 1. The predicted molar refractivity (Wildman–Crippen MR) is 72.4 cm³/mol. The molecule has 0 amide bonds. The first-order chi connectivity index (χ1) is 8.87. The monoisotopic (exact) mass is 351 g/mol. The molecule has 0 fully saturated rings. The standard InChI is InChI=1S/C11H14BrNO5S/c1-18-6-5-13(8-11(14)15)19(16,17)10-4-2-3-9(12)7-10/h2-4,7H,5-6,8H2,1H3,(H,14,15). The van der Waals surface area contributed by atoms with Gasteiger partial charge in [-0.1, -0.05) is 22.0 Å². The Bertz CT molecular complexity index is 546. The topological polar surface area (TPSA) is 83.9 Å². The van der Waals surface area contributed by atoms with E-state index in [1.54, 1.807) is 12.1 Å². The first-order valence-corrected chi connectivity index (χ1v) is 7.57. The minimum atomic E-state index is -3.85. The summed E-state index contributed by atoms with van der Waals surface area (Å²) in [4.78, 5) is 10.8. The molecule has 0 spiro atoms. The molecule has 1 aromatic rings. The van der Waals surface area contributed by atoms with Crippen LogP contribution in [0.15, 0.2) is 33.6 Å². The summed E-state index contributed by atoms with van der Waals surface area (Å²) in [5.41, 5.74) is 0. The van der Waals surface area contributed by atoms with E-state index in [4.69, 9.17) is 9.84 Å². The van der Waals surface area contributed by atoms with Crippen molar-refractivity contribution in [2.24, 2.45) is 0 Å². The van der Waals surface area contributed by atoms with E-state index < -0.39 is 22.5 Å². The second-order valence-corrected chi connectivity index (χ2v) is 6.54. The number of sulfonamides is 1. The van der Waals surface area contributed by atoms with Gasteiger partial charge in [-0.15, -0.1) is 0 Å². The van der Waals surface area contributed by atoms with Crippen LogP contribution < -0.4 is 0 Å². The highest BCUT2D eigenvalue weighted by molar-refractivity contribution is 9.10. The fourth-order valence-electron chi connectivity index (χ4n) is 1.40. The van der Waals surface area contributed by atoms with E-state index in [0.717, 1.165) is 4.31 Å². The van der Waals surface area contributed by atoms with Gasteiger partial charge in [0, 0.05) is 18.1 Å². The largest absolute Gasteiger partial charge is 0.480 e. The molecule has 106 valence electrons. The first kappa shape index (κ1) is 16.1. The number of nitrogens with zero attached hydrogens (tertiary/aromatic N) is 1. The Morgan fingerprint density at radius 1 is 1.47 bits per heavy atom. The van der Waals surface area contributed by atoms with Gasteiger partial charge in [-0.2, -0.15) is 4.31 Å². The van der Waals surface area contributed by atoms with Crippen molar-refractivity contribution in [2.75, 3.05) is 26.8 Å². The zero-order valence-electron chi connectivity index (χ0n) is 10.2. The van der Waals surface area contributed by atoms with Crippen molar-refractivity contribution in [3.8, 4) is 0 Å². The Morgan fingerprint density at radius 3 is 2.68 bits per heavy atom. The van der Waals surface area contributed by atoms with Crippen molar-refractivity contribution >= 4 is 31.9 Å². The van der Waals surface area contributed by atoms with Gasteiger partial charge in [-0.3, -0.25) is 4.79 Å². The summed E-state index contributed by atoms with van der Waals surface area (Å²) in [5, 5.41) is 8.79. The summed E-state index contributed by atoms with van der Waals surface area (Å²) in [6, 6.07) is 6.11. The van der Waals surface area contributed by atoms with E-state index in [-0.39, 0.29) is 18.0 Å². The molecule has 0 heterocycles. The lowest BCUT2D eigenvalue weighted by atomic mass is 10.4. The van der Waals surface area contributed by atoms with Crippen LogP contribution >= 0.6 is 15.9 Å². The van der Waals surface area contributed by atoms with Crippen molar-refractivity contribution in [2.45, 2.75) is 4.90 Å². The lowest BCUT2D eigenvalue weighted by Gasteiger charge is -2.20. The molecule has 0 aliphatic heterocycles. The highest BCUT2D eigenvalue weighted by Gasteiger charge is 2.26. The highest BCUT2D eigenvalue weighted by atomic mass is 79.9. The minimum Gasteiger partial charge on any atom is -0.480 e. The molecule has 1 N–H and O–H groups in total. The summed E-state index contributed by atoms with van der Waals surface area (Å²) in [7, 11) is -2.43. The van der Waals surface area contributed by atoms with Crippen LogP contribution in [0.1, 0.15) is 0 Å². The highest BCUT2D eigenvalue weighted by Crippen LogP contribution is 2.19. The third-order valence-corrected chi connectivity index (χ3v) is 4.62. The summed E-state index contributed by atoms with van der Waals surface area (Å²) in [5.74, 6) is -1.21. The van der Waals surface area contributed by atoms with Crippen LogP contribution in [0.3, 0.4) is 0 Å². The fraction of sp³-hybridized carbons (Fsp3) is 0.364. The zero-order valence-corrected chi connectivity index (χ0v) is 12.6. The van der Waals surface area contributed by atoms with Gasteiger partial charge in [0.15, 0.2) is 0 Å². The minimum absolute atomic E-state index is 0.0162. The summed E-state index contributed by atoms with van der Waals surface area (Å²) in [6.45, 7) is -0.490. The summed E-state index contributed by atoms with van der Waals surface area (Å²) < 4.78 is 30.9. The van der Waals surface area contributed by atoms with Crippen LogP contribution in [0.25, 0.3) is 0 Å². The van der Waals surface area contributed by atoms with Crippen LogP contribution in [0.2, 0.25) is 0 Å². The van der Waals surface area contributed by atoms with E-state index in [1.165, 1.54) is 19.2 Å². The third-order valence-electron chi connectivity index (χ3n) is 2.29. The number of halogens is 1. The number of carboxylic acids is 1. The number of rotatable bonds is 7. The maximum absolute atomic E-state index is 12.3. The van der Waals surface area contributed by atoms with Gasteiger partial charge in [-0.05, 0) is 18.2 Å². The summed E-state index contributed by atoms with van der Waals surface area (Å²) in [6.07, 6.45) is 0. The Balaban J connectivity index is 3.07. The average Bonchev–Trinajstić information content (AvgIpc) is 2.34. The smallest absolute Gasteiger partial charge is 0.318 e. The first-order valence-electron chi connectivity index (χ1n) is 5.34. The number of hydrogen-bond donors (Lipinski definition) is 1. The van der Waals surface area contributed by atoms with Gasteiger partial charge in [0.05, 0.1) is 11.5 Å². The van der Waals surface area contributed by atoms with Crippen LogP contribution in [-0.2, 0) is 19.6 Å². The summed E-state index contributed by atoms with van der Waals surface area (Å²) >= 11 is 3.18. The molecular formula is C11H14BrNO5S. The molecule has 0 aromatic heterocycles. The predicted octanol–water partition coefficient (Wildman–Crippen LogP) is 1.17. The molecule has 0 saturated carbocycles. The number of ether oxygens (including phenoxy) is 1. The average molecular weight is 352 g/mol. The zero-order chi connectivity index (χ0) is 14.5. The maximum Gasteiger partial charge on any atom is 0.318 e. The van der Waals surface area contributed by atoms with Crippen LogP contribution in [0.4, 0.5) is 0 Å². The molecule has 0 radical (unpaired) electrons. The Labute approximate surface area is 120 Å². The van der Waals surface area contributed by atoms with E-state index in [1.807, 2.05) is 0 Å². The molecule has 0 aliphatic rings. The van der Waals surface area contributed by atoms with Gasteiger partial charge in [0.25, 0.3) is 0 Å². The van der Waals surface area contributed by atoms with E-state index in [9.17, 15) is 13.2 Å². The van der Waals surface area contributed by atoms with Gasteiger partial charge in [0.1, 0.15) is 6.54 Å². The Hall–Kier alpha value is -0.960. The molecule has 1 rings (SSSR count).